The van der Waals surface area contributed by atoms with Crippen molar-refractivity contribution in [3.63, 3.8) is 0 Å². The van der Waals surface area contributed by atoms with E-state index in [0.717, 1.165) is 6.07 Å². The Kier molecular flexibility index (Phi) is 2.64. The van der Waals surface area contributed by atoms with Crippen molar-refractivity contribution in [3.8, 4) is 0 Å². The van der Waals surface area contributed by atoms with Crippen LogP contribution in [0.3, 0.4) is 0 Å². The molecular formula is C10H10ClF3N2. The largest absolute Gasteiger partial charge is 0.416 e. The Hall–Kier alpha value is -0.780. The summed E-state index contributed by atoms with van der Waals surface area (Å²) < 4.78 is 38.4. The highest BCUT2D eigenvalue weighted by Gasteiger charge is 2.42. The highest BCUT2D eigenvalue weighted by molar-refractivity contribution is 6.30. The molecule has 6 heteroatoms. The summed E-state index contributed by atoms with van der Waals surface area (Å²) in [6, 6.07) is 3.70. The highest BCUT2D eigenvalue weighted by atomic mass is 35.5. The van der Waals surface area contributed by atoms with Gasteiger partial charge in [-0.1, -0.05) is 17.7 Å². The first-order chi connectivity index (χ1) is 7.33. The van der Waals surface area contributed by atoms with E-state index in [0.29, 0.717) is 13.1 Å². The van der Waals surface area contributed by atoms with E-state index in [1.165, 1.54) is 12.1 Å². The molecule has 0 unspecified atom stereocenters. The number of nitrogens with one attached hydrogen (secondary N) is 1. The van der Waals surface area contributed by atoms with E-state index in [9.17, 15) is 13.2 Å². The van der Waals surface area contributed by atoms with Crippen LogP contribution in [0.1, 0.15) is 11.1 Å². The quantitative estimate of drug-likeness (QED) is 0.801. The maximum absolute atomic E-state index is 12.8. The molecule has 2 nitrogen and oxygen atoms in total. The van der Waals surface area contributed by atoms with Crippen LogP contribution in [0.4, 0.5) is 13.2 Å². The van der Waals surface area contributed by atoms with E-state index in [2.05, 4.69) is 5.32 Å². The van der Waals surface area contributed by atoms with Crippen LogP contribution in [-0.4, -0.2) is 13.1 Å². The van der Waals surface area contributed by atoms with Crippen molar-refractivity contribution in [1.82, 2.24) is 5.32 Å². The van der Waals surface area contributed by atoms with E-state index >= 15 is 0 Å². The van der Waals surface area contributed by atoms with Gasteiger partial charge in [0.05, 0.1) is 11.1 Å². The van der Waals surface area contributed by atoms with E-state index < -0.39 is 17.3 Å². The molecule has 1 saturated heterocycles. The first-order valence-corrected chi connectivity index (χ1v) is 5.07. The SMILES string of the molecule is NC1(c2ccc(Cl)cc2C(F)(F)F)CNC1. The number of hydrogen-bond donors (Lipinski definition) is 2. The zero-order valence-electron chi connectivity index (χ0n) is 8.24. The fourth-order valence-electron chi connectivity index (χ4n) is 1.77. The van der Waals surface area contributed by atoms with Crippen LogP contribution in [-0.2, 0) is 11.7 Å². The molecule has 1 aromatic carbocycles. The van der Waals surface area contributed by atoms with E-state index in [4.69, 9.17) is 17.3 Å². The van der Waals surface area contributed by atoms with Gasteiger partial charge in [-0.25, -0.2) is 0 Å². The predicted octanol–water partition coefficient (Wildman–Crippen LogP) is 2.12. The molecule has 1 aliphatic rings. The Labute approximate surface area is 95.6 Å². The Morgan fingerprint density at radius 2 is 1.94 bits per heavy atom. The van der Waals surface area contributed by atoms with Gasteiger partial charge in [0.15, 0.2) is 0 Å². The third-order valence-corrected chi connectivity index (χ3v) is 2.94. The van der Waals surface area contributed by atoms with Crippen LogP contribution >= 0.6 is 11.6 Å². The Balaban J connectivity index is 2.52. The number of benzene rings is 1. The lowest BCUT2D eigenvalue weighted by Gasteiger charge is -2.40. The highest BCUT2D eigenvalue weighted by Crippen LogP contribution is 2.38. The Bertz CT molecular complexity index is 413. The summed E-state index contributed by atoms with van der Waals surface area (Å²) in [6.07, 6.45) is -4.43. The van der Waals surface area contributed by atoms with E-state index in [1.807, 2.05) is 0 Å². The second kappa shape index (κ2) is 3.61. The second-order valence-corrected chi connectivity index (χ2v) is 4.38. The molecule has 1 heterocycles. The third kappa shape index (κ3) is 1.90. The van der Waals surface area contributed by atoms with Gasteiger partial charge < -0.3 is 11.1 Å². The molecule has 2 rings (SSSR count). The Morgan fingerprint density at radius 3 is 2.38 bits per heavy atom. The van der Waals surface area contributed by atoms with Crippen LogP contribution in [0.2, 0.25) is 5.02 Å². The van der Waals surface area contributed by atoms with Crippen molar-refractivity contribution in [1.29, 1.82) is 0 Å². The monoisotopic (exact) mass is 250 g/mol. The van der Waals surface area contributed by atoms with Crippen LogP contribution in [0.15, 0.2) is 18.2 Å². The van der Waals surface area contributed by atoms with Crippen molar-refractivity contribution < 1.29 is 13.2 Å². The average molecular weight is 251 g/mol. The fraction of sp³-hybridized carbons (Fsp3) is 0.400. The number of halogens is 4. The van der Waals surface area contributed by atoms with Crippen molar-refractivity contribution in [2.45, 2.75) is 11.7 Å². The summed E-state index contributed by atoms with van der Waals surface area (Å²) in [5.74, 6) is 0. The molecule has 0 aliphatic carbocycles. The first kappa shape index (κ1) is 11.7. The van der Waals surface area contributed by atoms with Gasteiger partial charge in [-0.3, -0.25) is 0 Å². The van der Waals surface area contributed by atoms with Gasteiger partial charge in [0.25, 0.3) is 0 Å². The van der Waals surface area contributed by atoms with Crippen molar-refractivity contribution in [2.75, 3.05) is 13.1 Å². The maximum atomic E-state index is 12.8. The van der Waals surface area contributed by atoms with Gasteiger partial charge in [-0.15, -0.1) is 0 Å². The van der Waals surface area contributed by atoms with Gasteiger partial charge in [0.1, 0.15) is 0 Å². The minimum Gasteiger partial charge on any atom is -0.319 e. The molecule has 1 aliphatic heterocycles. The maximum Gasteiger partial charge on any atom is 0.416 e. The van der Waals surface area contributed by atoms with E-state index in [-0.39, 0.29) is 10.6 Å². The van der Waals surface area contributed by atoms with Gasteiger partial charge in [0, 0.05) is 18.1 Å². The normalized spacial score (nSPS) is 19.3. The summed E-state index contributed by atoms with van der Waals surface area (Å²) in [6.45, 7) is 0.690. The zero-order valence-corrected chi connectivity index (χ0v) is 8.99. The molecule has 0 aromatic heterocycles. The van der Waals surface area contributed by atoms with Gasteiger partial charge in [0.2, 0.25) is 0 Å². The fourth-order valence-corrected chi connectivity index (χ4v) is 1.94. The van der Waals surface area contributed by atoms with Gasteiger partial charge in [-0.05, 0) is 17.7 Å². The van der Waals surface area contributed by atoms with Crippen molar-refractivity contribution in [2.24, 2.45) is 5.73 Å². The predicted molar refractivity (Wildman–Crippen MR) is 55.2 cm³/mol. The lowest BCUT2D eigenvalue weighted by Crippen LogP contribution is -2.63. The lowest BCUT2D eigenvalue weighted by molar-refractivity contribution is -0.139. The molecule has 3 N–H and O–H groups in total. The van der Waals surface area contributed by atoms with Crippen LogP contribution in [0.5, 0.6) is 0 Å². The summed E-state index contributed by atoms with van der Waals surface area (Å²) >= 11 is 5.58. The van der Waals surface area contributed by atoms with Crippen LogP contribution < -0.4 is 11.1 Å². The number of hydrogen-bond acceptors (Lipinski definition) is 2. The van der Waals surface area contributed by atoms with Gasteiger partial charge in [-0.2, -0.15) is 13.2 Å². The molecule has 0 radical (unpaired) electrons. The average Bonchev–Trinajstić information content (AvgIpc) is 2.13. The number of nitrogens with two attached hydrogens (primary N) is 1. The topological polar surface area (TPSA) is 38.0 Å². The molecule has 1 aromatic rings. The molecule has 88 valence electrons. The minimum atomic E-state index is -4.43. The third-order valence-electron chi connectivity index (χ3n) is 2.70. The smallest absolute Gasteiger partial charge is 0.319 e. The number of rotatable bonds is 1. The molecular weight excluding hydrogens is 241 g/mol. The Morgan fingerprint density at radius 1 is 1.31 bits per heavy atom. The lowest BCUT2D eigenvalue weighted by atomic mass is 9.82. The van der Waals surface area contributed by atoms with Crippen molar-refractivity contribution in [3.05, 3.63) is 34.3 Å². The first-order valence-electron chi connectivity index (χ1n) is 4.70. The molecule has 1 fully saturated rings. The molecule has 0 bridgehead atoms. The summed E-state index contributed by atoms with van der Waals surface area (Å²) in [4.78, 5) is 0. The summed E-state index contributed by atoms with van der Waals surface area (Å²) in [5, 5.41) is 2.93. The summed E-state index contributed by atoms with van der Waals surface area (Å²) in [7, 11) is 0. The van der Waals surface area contributed by atoms with Gasteiger partial charge >= 0.3 is 6.18 Å². The van der Waals surface area contributed by atoms with E-state index in [1.54, 1.807) is 0 Å². The molecule has 16 heavy (non-hydrogen) atoms. The zero-order chi connectivity index (χ0) is 12.0. The second-order valence-electron chi connectivity index (χ2n) is 3.95. The molecule has 0 saturated carbocycles. The van der Waals surface area contributed by atoms with Crippen molar-refractivity contribution >= 4 is 11.6 Å². The molecule has 0 atom stereocenters. The van der Waals surface area contributed by atoms with Crippen LogP contribution in [0, 0.1) is 0 Å². The molecule has 0 amide bonds. The molecule has 0 spiro atoms. The minimum absolute atomic E-state index is 0.0620. The van der Waals surface area contributed by atoms with Crippen LogP contribution in [0.25, 0.3) is 0 Å². The summed E-state index contributed by atoms with van der Waals surface area (Å²) in [5.41, 5.74) is 4.28. The number of alkyl halides is 3. The standard InChI is InChI=1S/C10H10ClF3N2/c11-6-1-2-7(9(15)4-16-5-9)8(3-6)10(12,13)14/h1-3,16H,4-5,15H2.